The molecule has 0 atom stereocenters. The van der Waals surface area contributed by atoms with Gasteiger partial charge in [-0.3, -0.25) is 4.79 Å². The minimum atomic E-state index is -3.67. The van der Waals surface area contributed by atoms with E-state index >= 15 is 0 Å². The van der Waals surface area contributed by atoms with Crippen molar-refractivity contribution in [3.63, 3.8) is 0 Å². The Labute approximate surface area is 189 Å². The Morgan fingerprint density at radius 1 is 0.781 bits per heavy atom. The van der Waals surface area contributed by atoms with E-state index in [1.54, 1.807) is 0 Å². The summed E-state index contributed by atoms with van der Waals surface area (Å²) in [4.78, 5) is 21.2. The van der Waals surface area contributed by atoms with E-state index in [1.807, 2.05) is 27.7 Å². The van der Waals surface area contributed by atoms with Gasteiger partial charge >= 0.3 is 0 Å². The van der Waals surface area contributed by atoms with Crippen LogP contribution >= 0.6 is 0 Å². The van der Waals surface area contributed by atoms with Gasteiger partial charge in [-0.15, -0.1) is 0 Å². The summed E-state index contributed by atoms with van der Waals surface area (Å²) >= 11 is 0. The van der Waals surface area contributed by atoms with Gasteiger partial charge < -0.3 is 9.47 Å². The van der Waals surface area contributed by atoms with Crippen LogP contribution in [-0.4, -0.2) is 58.3 Å². The molecule has 32 heavy (non-hydrogen) atoms. The van der Waals surface area contributed by atoms with Crippen LogP contribution in [0.15, 0.2) is 34.3 Å². The van der Waals surface area contributed by atoms with Crippen molar-refractivity contribution in [2.24, 2.45) is 11.8 Å². The summed E-state index contributed by atoms with van der Waals surface area (Å²) in [5.41, 5.74) is -0.258. The zero-order chi connectivity index (χ0) is 24.3. The second-order valence-electron chi connectivity index (χ2n) is 8.33. The van der Waals surface area contributed by atoms with E-state index < -0.39 is 25.5 Å². The molecule has 176 valence electrons. The zero-order valence-electron chi connectivity index (χ0n) is 18.9. The van der Waals surface area contributed by atoms with E-state index in [9.17, 15) is 21.6 Å². The van der Waals surface area contributed by atoms with Crippen LogP contribution in [-0.2, 0) is 19.7 Å². The number of aromatic nitrogens is 2. The van der Waals surface area contributed by atoms with Crippen molar-refractivity contribution in [1.29, 1.82) is 0 Å². The lowest BCUT2D eigenvalue weighted by molar-refractivity contribution is 0.102. The highest BCUT2D eigenvalue weighted by molar-refractivity contribution is 7.91. The van der Waals surface area contributed by atoms with Crippen LogP contribution in [0.3, 0.4) is 0 Å². The van der Waals surface area contributed by atoms with Crippen LogP contribution in [0.1, 0.15) is 43.6 Å². The number of rotatable bonds is 10. The van der Waals surface area contributed by atoms with E-state index in [4.69, 9.17) is 9.47 Å². The van der Waals surface area contributed by atoms with E-state index in [-0.39, 0.29) is 57.7 Å². The van der Waals surface area contributed by atoms with Crippen molar-refractivity contribution < 1.29 is 31.1 Å². The summed E-state index contributed by atoms with van der Waals surface area (Å²) in [7, 11) is -7.33. The lowest BCUT2D eigenvalue weighted by atomic mass is 10.1. The summed E-state index contributed by atoms with van der Waals surface area (Å²) in [6.45, 7) is 8.11. The third-order valence-electron chi connectivity index (χ3n) is 4.10. The number of hydrogen-bond donors (Lipinski definition) is 0. The Kier molecular flexibility index (Phi) is 8.00. The molecule has 0 unspecified atom stereocenters. The van der Waals surface area contributed by atoms with Gasteiger partial charge in [0.2, 0.25) is 17.5 Å². The molecule has 0 fully saturated rings. The maximum Gasteiger partial charge on any atom is 0.224 e. The van der Waals surface area contributed by atoms with E-state index in [2.05, 4.69) is 9.97 Å². The molecule has 0 saturated carbocycles. The van der Waals surface area contributed by atoms with E-state index in [1.165, 1.54) is 12.1 Å². The van der Waals surface area contributed by atoms with E-state index in [0.29, 0.717) is 0 Å². The highest BCUT2D eigenvalue weighted by Gasteiger charge is 2.25. The van der Waals surface area contributed by atoms with Crippen LogP contribution in [0.25, 0.3) is 0 Å². The summed E-state index contributed by atoms with van der Waals surface area (Å²) < 4.78 is 59.4. The van der Waals surface area contributed by atoms with Crippen molar-refractivity contribution >= 4 is 25.5 Å². The number of carbonyl (C=O) groups excluding carboxylic acids is 1. The maximum atomic E-state index is 13.5. The molecular weight excluding hydrogens is 456 g/mol. The zero-order valence-corrected chi connectivity index (χ0v) is 20.6. The molecule has 0 radical (unpaired) electrons. The number of ketones is 1. The van der Waals surface area contributed by atoms with Crippen LogP contribution in [0.4, 0.5) is 0 Å². The number of ether oxygens (including phenoxy) is 2. The maximum absolute atomic E-state index is 13.5. The number of pyridine rings is 2. The van der Waals surface area contributed by atoms with Gasteiger partial charge in [0.1, 0.15) is 0 Å². The standard InChI is InChI=1S/C21H28N2O7S2/c1-13(2)11-29-20-17(7-15(9-22-20)31(5,25)26)19(24)18-8-16(32(6,27)28)10-23-21(18)30-12-14(3)4/h7-10,13-14H,11-12H2,1-6H3. The number of nitrogens with zero attached hydrogens (tertiary/aromatic N) is 2. The van der Waals surface area contributed by atoms with Crippen molar-refractivity contribution in [2.75, 3.05) is 25.7 Å². The van der Waals surface area contributed by atoms with Crippen molar-refractivity contribution in [1.82, 2.24) is 9.97 Å². The molecule has 0 aliphatic carbocycles. The van der Waals surface area contributed by atoms with Gasteiger partial charge in [-0.2, -0.15) is 0 Å². The molecule has 0 bridgehead atoms. The largest absolute Gasteiger partial charge is 0.477 e. The first kappa shape index (κ1) is 25.7. The Bertz CT molecular complexity index is 1110. The van der Waals surface area contributed by atoms with Gasteiger partial charge in [0.15, 0.2) is 19.7 Å². The van der Waals surface area contributed by atoms with Gasteiger partial charge in [0.25, 0.3) is 0 Å². The minimum absolute atomic E-state index is 0.0596. The van der Waals surface area contributed by atoms with Crippen molar-refractivity contribution in [2.45, 2.75) is 37.5 Å². The van der Waals surface area contributed by atoms with E-state index in [0.717, 1.165) is 24.9 Å². The smallest absolute Gasteiger partial charge is 0.224 e. The summed E-state index contributed by atoms with van der Waals surface area (Å²) in [6, 6.07) is 2.33. The minimum Gasteiger partial charge on any atom is -0.477 e. The normalized spacial score (nSPS) is 12.2. The van der Waals surface area contributed by atoms with Gasteiger partial charge in [-0.1, -0.05) is 27.7 Å². The fraction of sp³-hybridized carbons (Fsp3) is 0.476. The topological polar surface area (TPSA) is 130 Å². The average molecular weight is 485 g/mol. The molecule has 0 aliphatic heterocycles. The SMILES string of the molecule is CC(C)COc1ncc(S(C)(=O)=O)cc1C(=O)c1cc(S(C)(=O)=O)cnc1OCC(C)C. The van der Waals surface area contributed by atoms with Gasteiger partial charge in [-0.05, 0) is 24.0 Å². The molecule has 9 nitrogen and oxygen atoms in total. The fourth-order valence-corrected chi connectivity index (χ4v) is 3.62. The molecule has 2 aromatic heterocycles. The summed E-state index contributed by atoms with van der Waals surface area (Å²) in [5, 5.41) is 0. The third kappa shape index (κ3) is 6.73. The molecule has 11 heteroatoms. The molecule has 0 saturated heterocycles. The Hall–Kier alpha value is -2.53. The predicted molar refractivity (Wildman–Crippen MR) is 119 cm³/mol. The highest BCUT2D eigenvalue weighted by atomic mass is 32.2. The third-order valence-corrected chi connectivity index (χ3v) is 6.26. The van der Waals surface area contributed by atoms with Crippen LogP contribution in [0.5, 0.6) is 11.8 Å². The average Bonchev–Trinajstić information content (AvgIpc) is 2.68. The monoisotopic (exact) mass is 484 g/mol. The van der Waals surface area contributed by atoms with Gasteiger partial charge in [0, 0.05) is 24.9 Å². The Morgan fingerprint density at radius 2 is 1.12 bits per heavy atom. The molecule has 0 N–H and O–H groups in total. The molecular formula is C21H28N2O7S2. The first-order valence-corrected chi connectivity index (χ1v) is 13.7. The van der Waals surface area contributed by atoms with Gasteiger partial charge in [0.05, 0.1) is 34.1 Å². The van der Waals surface area contributed by atoms with Crippen LogP contribution < -0.4 is 9.47 Å². The van der Waals surface area contributed by atoms with Crippen LogP contribution in [0.2, 0.25) is 0 Å². The molecule has 2 rings (SSSR count). The highest BCUT2D eigenvalue weighted by Crippen LogP contribution is 2.28. The quantitative estimate of drug-likeness (QED) is 0.467. The first-order valence-electron chi connectivity index (χ1n) is 9.90. The predicted octanol–water partition coefficient (Wildman–Crippen LogP) is 2.58. The van der Waals surface area contributed by atoms with Crippen molar-refractivity contribution in [3.8, 4) is 11.8 Å². The summed E-state index contributed by atoms with van der Waals surface area (Å²) in [5.74, 6) is -0.589. The Morgan fingerprint density at radius 3 is 1.41 bits per heavy atom. The molecule has 2 aromatic rings. The lowest BCUT2D eigenvalue weighted by Crippen LogP contribution is -2.15. The lowest BCUT2D eigenvalue weighted by Gasteiger charge is -2.15. The molecule has 0 aromatic carbocycles. The molecule has 0 spiro atoms. The first-order chi connectivity index (χ1) is 14.7. The Balaban J connectivity index is 2.69. The summed E-state index contributed by atoms with van der Waals surface area (Å²) in [6.07, 6.45) is 4.22. The fourth-order valence-electron chi connectivity index (χ4n) is 2.46. The molecule has 0 aliphatic rings. The van der Waals surface area contributed by atoms with Crippen molar-refractivity contribution in [3.05, 3.63) is 35.7 Å². The second kappa shape index (κ2) is 9.95. The number of hydrogen-bond acceptors (Lipinski definition) is 9. The van der Waals surface area contributed by atoms with Gasteiger partial charge in [-0.25, -0.2) is 26.8 Å². The number of carbonyl (C=O) groups is 1. The molecule has 0 amide bonds. The number of sulfone groups is 2. The second-order valence-corrected chi connectivity index (χ2v) is 12.4. The van der Waals surface area contributed by atoms with Crippen LogP contribution in [0, 0.1) is 11.8 Å². The molecule has 2 heterocycles.